The van der Waals surface area contributed by atoms with Crippen LogP contribution in [0.2, 0.25) is 0 Å². The lowest BCUT2D eigenvalue weighted by atomic mass is 10.1. The SMILES string of the molecule is CC[C@@H](C)NC(=O)c1nc(-c2ccc(N3CCCCC3)cc2)no1. The number of anilines is 1. The molecular weight excluding hydrogens is 304 g/mol. The number of piperidine rings is 1. The summed E-state index contributed by atoms with van der Waals surface area (Å²) in [6.07, 6.45) is 4.67. The molecule has 2 heterocycles. The Morgan fingerprint density at radius 3 is 2.62 bits per heavy atom. The molecular formula is C18H24N4O2. The van der Waals surface area contributed by atoms with Gasteiger partial charge in [-0.3, -0.25) is 4.79 Å². The average Bonchev–Trinajstić information content (AvgIpc) is 3.13. The van der Waals surface area contributed by atoms with Crippen LogP contribution in [0.15, 0.2) is 28.8 Å². The van der Waals surface area contributed by atoms with E-state index in [-0.39, 0.29) is 17.8 Å². The molecule has 128 valence electrons. The predicted octanol–water partition coefficient (Wildman–Crippen LogP) is 3.26. The largest absolute Gasteiger partial charge is 0.372 e. The molecule has 3 rings (SSSR count). The fourth-order valence-corrected chi connectivity index (χ4v) is 2.79. The van der Waals surface area contributed by atoms with Crippen molar-refractivity contribution >= 4 is 11.6 Å². The van der Waals surface area contributed by atoms with Crippen molar-refractivity contribution < 1.29 is 9.32 Å². The van der Waals surface area contributed by atoms with Gasteiger partial charge in [-0.2, -0.15) is 4.98 Å². The van der Waals surface area contributed by atoms with Crippen LogP contribution in [-0.4, -0.2) is 35.2 Å². The Morgan fingerprint density at radius 1 is 1.25 bits per heavy atom. The van der Waals surface area contributed by atoms with Crippen molar-refractivity contribution in [3.63, 3.8) is 0 Å². The van der Waals surface area contributed by atoms with E-state index in [2.05, 4.69) is 32.5 Å². The lowest BCUT2D eigenvalue weighted by Crippen LogP contribution is -2.32. The topological polar surface area (TPSA) is 71.3 Å². The summed E-state index contributed by atoms with van der Waals surface area (Å²) in [7, 11) is 0. The molecule has 6 heteroatoms. The zero-order valence-corrected chi connectivity index (χ0v) is 14.3. The first kappa shape index (κ1) is 16.5. The van der Waals surface area contributed by atoms with E-state index < -0.39 is 0 Å². The van der Waals surface area contributed by atoms with Crippen LogP contribution in [0, 0.1) is 0 Å². The van der Waals surface area contributed by atoms with Gasteiger partial charge in [0.2, 0.25) is 5.82 Å². The molecule has 1 fully saturated rings. The first-order chi connectivity index (χ1) is 11.7. The molecule has 0 spiro atoms. The molecule has 6 nitrogen and oxygen atoms in total. The molecule has 0 radical (unpaired) electrons. The van der Waals surface area contributed by atoms with Gasteiger partial charge in [-0.05, 0) is 56.9 Å². The van der Waals surface area contributed by atoms with Gasteiger partial charge in [0.05, 0.1) is 0 Å². The number of nitrogens with zero attached hydrogens (tertiary/aromatic N) is 3. The summed E-state index contributed by atoms with van der Waals surface area (Å²) in [6.45, 7) is 6.17. The normalized spacial score (nSPS) is 16.0. The van der Waals surface area contributed by atoms with Gasteiger partial charge in [0.15, 0.2) is 0 Å². The van der Waals surface area contributed by atoms with E-state index in [9.17, 15) is 4.79 Å². The number of hydrogen-bond donors (Lipinski definition) is 1. The number of aromatic nitrogens is 2. The molecule has 1 aliphatic heterocycles. The highest BCUT2D eigenvalue weighted by molar-refractivity contribution is 5.90. The van der Waals surface area contributed by atoms with Gasteiger partial charge >= 0.3 is 11.8 Å². The summed E-state index contributed by atoms with van der Waals surface area (Å²) >= 11 is 0. The average molecular weight is 328 g/mol. The maximum absolute atomic E-state index is 12.0. The van der Waals surface area contributed by atoms with E-state index in [1.807, 2.05) is 26.0 Å². The van der Waals surface area contributed by atoms with E-state index in [1.54, 1.807) is 0 Å². The second-order valence-corrected chi connectivity index (χ2v) is 6.30. The molecule has 0 bridgehead atoms. The van der Waals surface area contributed by atoms with Crippen LogP contribution in [0.5, 0.6) is 0 Å². The van der Waals surface area contributed by atoms with Crippen molar-refractivity contribution in [2.24, 2.45) is 0 Å². The number of hydrogen-bond acceptors (Lipinski definition) is 5. The summed E-state index contributed by atoms with van der Waals surface area (Å²) < 4.78 is 5.09. The van der Waals surface area contributed by atoms with Gasteiger partial charge in [-0.25, -0.2) is 0 Å². The molecule has 0 saturated carbocycles. The molecule has 24 heavy (non-hydrogen) atoms. The molecule has 1 aromatic heterocycles. The van der Waals surface area contributed by atoms with Crippen LogP contribution in [0.1, 0.15) is 50.2 Å². The fraction of sp³-hybridized carbons (Fsp3) is 0.500. The molecule has 1 N–H and O–H groups in total. The number of carbonyl (C=O) groups excluding carboxylic acids is 1. The van der Waals surface area contributed by atoms with E-state index >= 15 is 0 Å². The second kappa shape index (κ2) is 7.47. The molecule has 1 saturated heterocycles. The Hall–Kier alpha value is -2.37. The molecule has 0 aliphatic carbocycles. The van der Waals surface area contributed by atoms with Crippen molar-refractivity contribution in [1.82, 2.24) is 15.5 Å². The van der Waals surface area contributed by atoms with Gasteiger partial charge in [-0.1, -0.05) is 12.1 Å². The lowest BCUT2D eigenvalue weighted by Gasteiger charge is -2.28. The number of amides is 1. The molecule has 1 atom stereocenters. The van der Waals surface area contributed by atoms with Crippen LogP contribution in [0.4, 0.5) is 5.69 Å². The van der Waals surface area contributed by atoms with Crippen LogP contribution >= 0.6 is 0 Å². The van der Waals surface area contributed by atoms with Crippen LogP contribution in [-0.2, 0) is 0 Å². The van der Waals surface area contributed by atoms with Gasteiger partial charge in [0.1, 0.15) is 0 Å². The van der Waals surface area contributed by atoms with Crippen LogP contribution in [0.25, 0.3) is 11.4 Å². The third-order valence-corrected chi connectivity index (χ3v) is 4.46. The van der Waals surface area contributed by atoms with E-state index in [1.165, 1.54) is 24.9 Å². The zero-order chi connectivity index (χ0) is 16.9. The number of rotatable bonds is 5. The minimum Gasteiger partial charge on any atom is -0.372 e. The number of nitrogens with one attached hydrogen (secondary N) is 1. The highest BCUT2D eigenvalue weighted by atomic mass is 16.5. The van der Waals surface area contributed by atoms with Gasteiger partial charge in [0, 0.05) is 30.4 Å². The van der Waals surface area contributed by atoms with Crippen LogP contribution in [0.3, 0.4) is 0 Å². The highest BCUT2D eigenvalue weighted by Gasteiger charge is 2.18. The third-order valence-electron chi connectivity index (χ3n) is 4.46. The Bertz CT molecular complexity index is 675. The van der Waals surface area contributed by atoms with Crippen molar-refractivity contribution in [2.45, 2.75) is 45.6 Å². The Kier molecular flexibility index (Phi) is 5.13. The number of benzene rings is 1. The third kappa shape index (κ3) is 3.75. The maximum Gasteiger partial charge on any atom is 0.316 e. The smallest absolute Gasteiger partial charge is 0.316 e. The quantitative estimate of drug-likeness (QED) is 0.912. The van der Waals surface area contributed by atoms with Crippen molar-refractivity contribution in [3.8, 4) is 11.4 Å². The molecule has 0 unspecified atom stereocenters. The maximum atomic E-state index is 12.0. The first-order valence-corrected chi connectivity index (χ1v) is 8.67. The Balaban J connectivity index is 1.69. The first-order valence-electron chi connectivity index (χ1n) is 8.67. The lowest BCUT2D eigenvalue weighted by molar-refractivity contribution is 0.0895. The van der Waals surface area contributed by atoms with Gasteiger partial charge in [-0.15, -0.1) is 0 Å². The zero-order valence-electron chi connectivity index (χ0n) is 14.3. The van der Waals surface area contributed by atoms with Gasteiger partial charge < -0.3 is 14.7 Å². The Morgan fingerprint density at radius 2 is 1.96 bits per heavy atom. The summed E-state index contributed by atoms with van der Waals surface area (Å²) in [4.78, 5) is 18.6. The van der Waals surface area contributed by atoms with E-state index in [0.717, 1.165) is 25.1 Å². The minimum atomic E-state index is -0.326. The molecule has 1 amide bonds. The van der Waals surface area contributed by atoms with Crippen molar-refractivity contribution in [2.75, 3.05) is 18.0 Å². The summed E-state index contributed by atoms with van der Waals surface area (Å²) in [5, 5.41) is 6.74. The van der Waals surface area contributed by atoms with Crippen molar-refractivity contribution in [1.29, 1.82) is 0 Å². The Labute approximate surface area is 142 Å². The predicted molar refractivity (Wildman–Crippen MR) is 93.0 cm³/mol. The minimum absolute atomic E-state index is 0.00501. The standard InChI is InChI=1S/C18H24N4O2/c1-3-13(2)19-17(23)18-20-16(21-24-18)14-7-9-15(10-8-14)22-11-5-4-6-12-22/h7-10,13H,3-6,11-12H2,1-2H3,(H,19,23)/t13-/m1/s1. The molecule has 1 aromatic carbocycles. The second-order valence-electron chi connectivity index (χ2n) is 6.30. The summed E-state index contributed by atoms with van der Waals surface area (Å²) in [6, 6.07) is 8.19. The fourth-order valence-electron chi connectivity index (χ4n) is 2.79. The molecule has 1 aliphatic rings. The van der Waals surface area contributed by atoms with Crippen LogP contribution < -0.4 is 10.2 Å². The van der Waals surface area contributed by atoms with Gasteiger partial charge in [0.25, 0.3) is 0 Å². The number of carbonyl (C=O) groups is 1. The molecule has 2 aromatic rings. The van der Waals surface area contributed by atoms with E-state index in [0.29, 0.717) is 5.82 Å². The van der Waals surface area contributed by atoms with E-state index in [4.69, 9.17) is 4.52 Å². The highest BCUT2D eigenvalue weighted by Crippen LogP contribution is 2.23. The monoisotopic (exact) mass is 328 g/mol. The summed E-state index contributed by atoms with van der Waals surface area (Å²) in [5.74, 6) is 0.118. The van der Waals surface area contributed by atoms with Crippen molar-refractivity contribution in [3.05, 3.63) is 30.2 Å². The summed E-state index contributed by atoms with van der Waals surface area (Å²) in [5.41, 5.74) is 2.07.